The van der Waals surface area contributed by atoms with E-state index in [-0.39, 0.29) is 23.7 Å². The summed E-state index contributed by atoms with van der Waals surface area (Å²) in [5.74, 6) is -2.06. The molecule has 1 aliphatic rings. The molecule has 24 heavy (non-hydrogen) atoms. The van der Waals surface area contributed by atoms with E-state index in [1.165, 1.54) is 0 Å². The van der Waals surface area contributed by atoms with E-state index in [0.717, 1.165) is 0 Å². The highest BCUT2D eigenvalue weighted by molar-refractivity contribution is 5.94. The number of carboxylic acids is 1. The number of pyridine rings is 1. The fraction of sp³-hybridized carbons (Fsp3) is 0.529. The number of rotatable bonds is 5. The second-order valence-electron chi connectivity index (χ2n) is 6.39. The van der Waals surface area contributed by atoms with Crippen molar-refractivity contribution in [1.82, 2.24) is 15.2 Å². The number of carboxylic acid groups (broad SMARTS) is 1. The van der Waals surface area contributed by atoms with Gasteiger partial charge >= 0.3 is 5.97 Å². The molecule has 1 aromatic rings. The van der Waals surface area contributed by atoms with Crippen LogP contribution >= 0.6 is 0 Å². The van der Waals surface area contributed by atoms with Crippen molar-refractivity contribution < 1.29 is 19.5 Å². The Kier molecular flexibility index (Phi) is 5.89. The van der Waals surface area contributed by atoms with Crippen molar-refractivity contribution >= 4 is 17.8 Å². The third-order valence-electron chi connectivity index (χ3n) is 4.24. The summed E-state index contributed by atoms with van der Waals surface area (Å²) < 4.78 is 0. The second-order valence-corrected chi connectivity index (χ2v) is 6.39. The van der Waals surface area contributed by atoms with Gasteiger partial charge in [-0.05, 0) is 30.9 Å². The molecule has 1 aliphatic heterocycles. The van der Waals surface area contributed by atoms with Crippen molar-refractivity contribution in [2.45, 2.75) is 32.7 Å². The standard InChI is InChI=1S/C17H23N3O4/c1-11(2)14(17(23)24)19-15(21)13-4-3-9-20(10-13)16(22)12-5-7-18-8-6-12/h5-8,11,13-14H,3-4,9-10H2,1-2H3,(H,19,21)(H,23,24)/t13?,14-/m0/s1. The Labute approximate surface area is 141 Å². The SMILES string of the molecule is CC(C)[C@H](NC(=O)C1CCCN(C(=O)c2ccncc2)C1)C(=O)O. The van der Waals surface area contributed by atoms with Crippen LogP contribution in [0.2, 0.25) is 0 Å². The molecule has 1 aromatic heterocycles. The Morgan fingerprint density at radius 3 is 2.54 bits per heavy atom. The molecular formula is C17H23N3O4. The van der Waals surface area contributed by atoms with E-state index < -0.39 is 12.0 Å². The van der Waals surface area contributed by atoms with E-state index in [1.807, 2.05) is 0 Å². The maximum absolute atomic E-state index is 12.5. The van der Waals surface area contributed by atoms with Crippen molar-refractivity contribution in [2.24, 2.45) is 11.8 Å². The number of aromatic nitrogens is 1. The molecular weight excluding hydrogens is 310 g/mol. The predicted octanol–water partition coefficient (Wildman–Crippen LogP) is 1.16. The zero-order valence-corrected chi connectivity index (χ0v) is 13.9. The zero-order chi connectivity index (χ0) is 17.7. The molecule has 1 unspecified atom stereocenters. The fourth-order valence-electron chi connectivity index (χ4n) is 2.84. The highest BCUT2D eigenvalue weighted by Gasteiger charge is 2.32. The average molecular weight is 333 g/mol. The Balaban J connectivity index is 2.01. The number of hydrogen-bond acceptors (Lipinski definition) is 4. The number of amides is 2. The lowest BCUT2D eigenvalue weighted by atomic mass is 9.95. The second kappa shape index (κ2) is 7.90. The van der Waals surface area contributed by atoms with Gasteiger partial charge in [-0.15, -0.1) is 0 Å². The number of aliphatic carboxylic acids is 1. The molecule has 7 heteroatoms. The van der Waals surface area contributed by atoms with Gasteiger partial charge in [-0.25, -0.2) is 4.79 Å². The molecule has 1 saturated heterocycles. The van der Waals surface area contributed by atoms with Crippen molar-refractivity contribution in [3.05, 3.63) is 30.1 Å². The van der Waals surface area contributed by atoms with Gasteiger partial charge in [0, 0.05) is 31.0 Å². The van der Waals surface area contributed by atoms with Crippen LogP contribution in [0.25, 0.3) is 0 Å². The molecule has 130 valence electrons. The van der Waals surface area contributed by atoms with Gasteiger partial charge in [0.25, 0.3) is 5.91 Å². The van der Waals surface area contributed by atoms with Crippen molar-refractivity contribution in [3.63, 3.8) is 0 Å². The molecule has 0 bridgehead atoms. The van der Waals surface area contributed by atoms with Crippen molar-refractivity contribution in [3.8, 4) is 0 Å². The van der Waals surface area contributed by atoms with Gasteiger partial charge < -0.3 is 15.3 Å². The first-order valence-electron chi connectivity index (χ1n) is 8.12. The lowest BCUT2D eigenvalue weighted by molar-refractivity contribution is -0.144. The minimum Gasteiger partial charge on any atom is -0.480 e. The Hall–Kier alpha value is -2.44. The molecule has 2 rings (SSSR count). The van der Waals surface area contributed by atoms with Gasteiger partial charge in [0.05, 0.1) is 5.92 Å². The summed E-state index contributed by atoms with van der Waals surface area (Å²) >= 11 is 0. The lowest BCUT2D eigenvalue weighted by Crippen LogP contribution is -2.50. The molecule has 0 aliphatic carbocycles. The fourth-order valence-corrected chi connectivity index (χ4v) is 2.84. The normalized spacial score (nSPS) is 19.0. The minimum absolute atomic E-state index is 0.131. The van der Waals surface area contributed by atoms with Gasteiger partial charge in [-0.2, -0.15) is 0 Å². The first-order valence-corrected chi connectivity index (χ1v) is 8.12. The van der Waals surface area contributed by atoms with Crippen LogP contribution in [0.3, 0.4) is 0 Å². The van der Waals surface area contributed by atoms with Crippen LogP contribution < -0.4 is 5.32 Å². The molecule has 0 saturated carbocycles. The summed E-state index contributed by atoms with van der Waals surface area (Å²) in [5, 5.41) is 11.8. The van der Waals surface area contributed by atoms with E-state index in [9.17, 15) is 19.5 Å². The molecule has 0 spiro atoms. The van der Waals surface area contributed by atoms with E-state index in [2.05, 4.69) is 10.3 Å². The van der Waals surface area contributed by atoms with Crippen LogP contribution in [0.15, 0.2) is 24.5 Å². The van der Waals surface area contributed by atoms with Crippen LogP contribution in [0, 0.1) is 11.8 Å². The van der Waals surface area contributed by atoms with E-state index in [0.29, 0.717) is 31.5 Å². The number of nitrogens with zero attached hydrogens (tertiary/aromatic N) is 2. The van der Waals surface area contributed by atoms with Crippen LogP contribution in [-0.2, 0) is 9.59 Å². The number of piperidine rings is 1. The van der Waals surface area contributed by atoms with Crippen LogP contribution in [0.4, 0.5) is 0 Å². The monoisotopic (exact) mass is 333 g/mol. The summed E-state index contributed by atoms with van der Waals surface area (Å²) in [5.41, 5.74) is 0.539. The number of nitrogens with one attached hydrogen (secondary N) is 1. The summed E-state index contributed by atoms with van der Waals surface area (Å²) in [6, 6.07) is 2.38. The van der Waals surface area contributed by atoms with Crippen LogP contribution in [0.5, 0.6) is 0 Å². The van der Waals surface area contributed by atoms with Crippen molar-refractivity contribution in [2.75, 3.05) is 13.1 Å². The Morgan fingerprint density at radius 2 is 1.96 bits per heavy atom. The smallest absolute Gasteiger partial charge is 0.326 e. The molecule has 1 fully saturated rings. The summed E-state index contributed by atoms with van der Waals surface area (Å²) in [6.07, 6.45) is 4.48. The largest absolute Gasteiger partial charge is 0.480 e. The quantitative estimate of drug-likeness (QED) is 0.842. The van der Waals surface area contributed by atoms with Gasteiger partial charge in [0.15, 0.2) is 0 Å². The average Bonchev–Trinajstić information content (AvgIpc) is 2.59. The number of likely N-dealkylation sites (tertiary alicyclic amines) is 1. The third-order valence-corrected chi connectivity index (χ3v) is 4.24. The van der Waals surface area contributed by atoms with Gasteiger partial charge in [0.1, 0.15) is 6.04 Å². The van der Waals surface area contributed by atoms with E-state index >= 15 is 0 Å². The van der Waals surface area contributed by atoms with E-state index in [4.69, 9.17) is 0 Å². The zero-order valence-electron chi connectivity index (χ0n) is 13.9. The lowest BCUT2D eigenvalue weighted by Gasteiger charge is -2.33. The van der Waals surface area contributed by atoms with Gasteiger partial charge in [0.2, 0.25) is 5.91 Å². The predicted molar refractivity (Wildman–Crippen MR) is 87.3 cm³/mol. The highest BCUT2D eigenvalue weighted by Crippen LogP contribution is 2.19. The summed E-state index contributed by atoms with van der Waals surface area (Å²) in [4.78, 5) is 41.6. The Morgan fingerprint density at radius 1 is 1.29 bits per heavy atom. The first kappa shape index (κ1) is 17.9. The maximum atomic E-state index is 12.5. The number of carbonyl (C=O) groups excluding carboxylic acids is 2. The number of hydrogen-bond donors (Lipinski definition) is 2. The molecule has 7 nitrogen and oxygen atoms in total. The maximum Gasteiger partial charge on any atom is 0.326 e. The molecule has 2 heterocycles. The topological polar surface area (TPSA) is 99.6 Å². The molecule has 2 amide bonds. The van der Waals surface area contributed by atoms with Crippen molar-refractivity contribution in [1.29, 1.82) is 0 Å². The highest BCUT2D eigenvalue weighted by atomic mass is 16.4. The Bertz CT molecular complexity index is 603. The minimum atomic E-state index is -1.04. The van der Waals surface area contributed by atoms with Gasteiger partial charge in [-0.3, -0.25) is 14.6 Å². The first-order chi connectivity index (χ1) is 11.4. The molecule has 2 N–H and O–H groups in total. The summed E-state index contributed by atoms with van der Waals surface area (Å²) in [6.45, 7) is 4.40. The third kappa shape index (κ3) is 4.31. The van der Waals surface area contributed by atoms with Gasteiger partial charge in [-0.1, -0.05) is 13.8 Å². The van der Waals surface area contributed by atoms with Crippen LogP contribution in [0.1, 0.15) is 37.0 Å². The molecule has 0 radical (unpaired) electrons. The molecule has 2 atom stereocenters. The number of carbonyl (C=O) groups is 3. The van der Waals surface area contributed by atoms with E-state index in [1.54, 1.807) is 43.3 Å². The van der Waals surface area contributed by atoms with Crippen LogP contribution in [-0.4, -0.2) is 51.9 Å². The summed E-state index contributed by atoms with van der Waals surface area (Å²) in [7, 11) is 0. The molecule has 0 aromatic carbocycles.